The quantitative estimate of drug-likeness (QED) is 0.720. The first-order chi connectivity index (χ1) is 7.50. The number of aryl methyl sites for hydroxylation is 1. The van der Waals surface area contributed by atoms with Crippen LogP contribution < -0.4 is 0 Å². The van der Waals surface area contributed by atoms with Crippen molar-refractivity contribution in [3.8, 4) is 6.07 Å². The maximum Gasteiger partial charge on any atom is 0.0695 e. The molecule has 0 radical (unpaired) electrons. The molecule has 2 heteroatoms. The van der Waals surface area contributed by atoms with E-state index in [1.165, 1.54) is 34.6 Å². The van der Waals surface area contributed by atoms with Crippen LogP contribution in [0.2, 0.25) is 0 Å². The molecule has 0 amide bonds. The van der Waals surface area contributed by atoms with Gasteiger partial charge < -0.3 is 0 Å². The van der Waals surface area contributed by atoms with Gasteiger partial charge >= 0.3 is 0 Å². The second-order valence-electron chi connectivity index (χ2n) is 5.80. The predicted molar refractivity (Wildman–Crippen MR) is 68.6 cm³/mol. The number of hydrogen-bond acceptors (Lipinski definition) is 2. The Kier molecular flexibility index (Phi) is 3.08. The maximum atomic E-state index is 8.72. The Labute approximate surface area is 102 Å². The fourth-order valence-corrected chi connectivity index (χ4v) is 3.64. The molecule has 1 aromatic rings. The van der Waals surface area contributed by atoms with Gasteiger partial charge in [0, 0.05) is 9.75 Å². The molecule has 1 aromatic heterocycles. The Balaban J connectivity index is 2.18. The topological polar surface area (TPSA) is 23.8 Å². The molecule has 1 aliphatic carbocycles. The minimum atomic E-state index is 0.412. The number of fused-ring (bicyclic) bond motifs is 1. The van der Waals surface area contributed by atoms with Crippen LogP contribution in [0.3, 0.4) is 0 Å². The lowest BCUT2D eigenvalue weighted by Crippen LogP contribution is -2.26. The molecule has 0 aliphatic heterocycles. The van der Waals surface area contributed by atoms with Crippen molar-refractivity contribution in [2.45, 2.75) is 46.5 Å². The molecule has 86 valence electrons. The van der Waals surface area contributed by atoms with Gasteiger partial charge in [-0.05, 0) is 42.2 Å². The molecular weight excluding hydrogens is 214 g/mol. The molecule has 1 nitrogen and oxygen atoms in total. The molecule has 0 aromatic carbocycles. The van der Waals surface area contributed by atoms with E-state index in [0.717, 1.165) is 5.92 Å². The van der Waals surface area contributed by atoms with Crippen LogP contribution in [0.1, 0.15) is 42.5 Å². The number of thiophene rings is 1. The van der Waals surface area contributed by atoms with E-state index < -0.39 is 0 Å². The fraction of sp³-hybridized carbons (Fsp3) is 0.643. The Hall–Kier alpha value is -0.810. The summed E-state index contributed by atoms with van der Waals surface area (Å²) in [7, 11) is 0. The molecule has 0 fully saturated rings. The van der Waals surface area contributed by atoms with Crippen LogP contribution >= 0.6 is 11.3 Å². The molecule has 1 heterocycles. The first kappa shape index (κ1) is 11.7. The lowest BCUT2D eigenvalue weighted by molar-refractivity contribution is 0.217. The van der Waals surface area contributed by atoms with Crippen LogP contribution in [0, 0.1) is 22.7 Å². The van der Waals surface area contributed by atoms with E-state index in [1.54, 1.807) is 0 Å². The van der Waals surface area contributed by atoms with Crippen molar-refractivity contribution in [2.75, 3.05) is 0 Å². The first-order valence-corrected chi connectivity index (χ1v) is 6.80. The molecule has 2 rings (SSSR count). The zero-order valence-corrected chi connectivity index (χ0v) is 11.2. The monoisotopic (exact) mass is 233 g/mol. The predicted octanol–water partition coefficient (Wildman–Crippen LogP) is 3.97. The second-order valence-corrected chi connectivity index (χ2v) is 7.02. The van der Waals surface area contributed by atoms with Crippen molar-refractivity contribution in [1.82, 2.24) is 0 Å². The summed E-state index contributed by atoms with van der Waals surface area (Å²) in [6.07, 6.45) is 4.31. The van der Waals surface area contributed by atoms with E-state index >= 15 is 0 Å². The zero-order valence-electron chi connectivity index (χ0n) is 10.3. The normalized spacial score (nSPS) is 20.2. The van der Waals surface area contributed by atoms with Gasteiger partial charge in [-0.15, -0.1) is 11.3 Å². The molecule has 1 unspecified atom stereocenters. The highest BCUT2D eigenvalue weighted by Crippen LogP contribution is 2.40. The van der Waals surface area contributed by atoms with E-state index in [-0.39, 0.29) is 0 Å². The highest BCUT2D eigenvalue weighted by atomic mass is 32.1. The molecule has 0 saturated heterocycles. The van der Waals surface area contributed by atoms with Gasteiger partial charge in [-0.25, -0.2) is 0 Å². The van der Waals surface area contributed by atoms with Gasteiger partial charge in [-0.3, -0.25) is 0 Å². The summed E-state index contributed by atoms with van der Waals surface area (Å²) in [4.78, 5) is 2.79. The molecule has 0 saturated carbocycles. The van der Waals surface area contributed by atoms with E-state index in [1.807, 2.05) is 11.3 Å². The van der Waals surface area contributed by atoms with Crippen molar-refractivity contribution < 1.29 is 0 Å². The highest BCUT2D eigenvalue weighted by Gasteiger charge is 2.29. The van der Waals surface area contributed by atoms with E-state index in [0.29, 0.717) is 11.8 Å². The van der Waals surface area contributed by atoms with E-state index in [4.69, 9.17) is 5.26 Å². The van der Waals surface area contributed by atoms with Crippen molar-refractivity contribution in [3.63, 3.8) is 0 Å². The first-order valence-electron chi connectivity index (χ1n) is 5.98. The third-order valence-corrected chi connectivity index (χ3v) is 4.85. The third-order valence-electron chi connectivity index (χ3n) is 3.61. The third kappa shape index (κ3) is 2.30. The number of hydrogen-bond donors (Lipinski definition) is 0. The zero-order chi connectivity index (χ0) is 11.8. The van der Waals surface area contributed by atoms with Crippen molar-refractivity contribution in [1.29, 1.82) is 5.26 Å². The van der Waals surface area contributed by atoms with Gasteiger partial charge in [-0.1, -0.05) is 20.8 Å². The van der Waals surface area contributed by atoms with Gasteiger partial charge in [0.2, 0.25) is 0 Å². The highest BCUT2D eigenvalue weighted by molar-refractivity contribution is 7.12. The molecular formula is C14H19NS. The average molecular weight is 233 g/mol. The van der Waals surface area contributed by atoms with Gasteiger partial charge in [0.05, 0.1) is 12.5 Å². The van der Waals surface area contributed by atoms with Crippen molar-refractivity contribution >= 4 is 11.3 Å². The summed E-state index contributed by atoms with van der Waals surface area (Å²) < 4.78 is 0. The van der Waals surface area contributed by atoms with E-state index in [2.05, 4.69) is 32.9 Å². The summed E-state index contributed by atoms with van der Waals surface area (Å²) >= 11 is 1.85. The number of rotatable bonds is 1. The van der Waals surface area contributed by atoms with Gasteiger partial charge in [0.25, 0.3) is 0 Å². The summed E-state index contributed by atoms with van der Waals surface area (Å²) in [5.74, 6) is 0.796. The summed E-state index contributed by atoms with van der Waals surface area (Å²) in [6, 6.07) is 4.51. The number of nitriles is 1. The fourth-order valence-electron chi connectivity index (χ4n) is 2.49. The second kappa shape index (κ2) is 4.22. The van der Waals surface area contributed by atoms with Crippen LogP contribution in [0.4, 0.5) is 0 Å². The molecule has 1 atom stereocenters. The van der Waals surface area contributed by atoms with Crippen LogP contribution in [0.5, 0.6) is 0 Å². The maximum absolute atomic E-state index is 8.72. The van der Waals surface area contributed by atoms with Crippen LogP contribution in [-0.4, -0.2) is 0 Å². The van der Waals surface area contributed by atoms with Gasteiger partial charge in [-0.2, -0.15) is 5.26 Å². The van der Waals surface area contributed by atoms with Gasteiger partial charge in [0.15, 0.2) is 0 Å². The molecule has 0 bridgehead atoms. The minimum absolute atomic E-state index is 0.412. The number of nitrogens with zero attached hydrogens (tertiary/aromatic N) is 1. The van der Waals surface area contributed by atoms with Crippen molar-refractivity contribution in [2.24, 2.45) is 11.3 Å². The Morgan fingerprint density at radius 2 is 2.25 bits per heavy atom. The summed E-state index contributed by atoms with van der Waals surface area (Å²) in [6.45, 7) is 7.02. The summed E-state index contributed by atoms with van der Waals surface area (Å²) in [5.41, 5.74) is 1.93. The Morgan fingerprint density at radius 3 is 2.88 bits per heavy atom. The lowest BCUT2D eigenvalue weighted by Gasteiger charge is -2.33. The minimum Gasteiger partial charge on any atom is -0.198 e. The average Bonchev–Trinajstić information content (AvgIpc) is 2.57. The van der Waals surface area contributed by atoms with E-state index in [9.17, 15) is 0 Å². The Morgan fingerprint density at radius 1 is 1.50 bits per heavy atom. The molecule has 16 heavy (non-hydrogen) atoms. The largest absolute Gasteiger partial charge is 0.198 e. The lowest BCUT2D eigenvalue weighted by atomic mass is 9.72. The smallest absolute Gasteiger partial charge is 0.0695 e. The van der Waals surface area contributed by atoms with Gasteiger partial charge in [0.1, 0.15) is 0 Å². The van der Waals surface area contributed by atoms with Crippen LogP contribution in [0.25, 0.3) is 0 Å². The SMILES string of the molecule is CC(C)(C)C1CCc2sc(CC#N)cc2C1. The molecule has 1 aliphatic rings. The Bertz CT molecular complexity index is 417. The van der Waals surface area contributed by atoms with Crippen molar-refractivity contribution in [3.05, 3.63) is 21.4 Å². The molecule has 0 N–H and O–H groups in total. The summed E-state index contributed by atoms with van der Waals surface area (Å²) in [5, 5.41) is 8.72. The standard InChI is InChI=1S/C14H19NS/c1-14(2,3)11-4-5-13-10(8-11)9-12(16-13)6-7-15/h9,11H,4-6,8H2,1-3H3. The molecule has 0 spiro atoms. The van der Waals surface area contributed by atoms with Crippen LogP contribution in [-0.2, 0) is 19.3 Å². The van der Waals surface area contributed by atoms with Crippen LogP contribution in [0.15, 0.2) is 6.07 Å².